The fourth-order valence-electron chi connectivity index (χ4n) is 3.06. The molecule has 4 rings (SSSR count). The zero-order valence-electron chi connectivity index (χ0n) is 15.0. The lowest BCUT2D eigenvalue weighted by molar-refractivity contribution is 0.131. The summed E-state index contributed by atoms with van der Waals surface area (Å²) in [6, 6.07) is 9.81. The number of hydrogen-bond acceptors (Lipinski definition) is 4. The summed E-state index contributed by atoms with van der Waals surface area (Å²) in [5.41, 5.74) is 3.05. The number of aliphatic imine (C=N–C) groups is 1. The number of aromatic nitrogens is 2. The van der Waals surface area contributed by atoms with Crippen LogP contribution in [0.3, 0.4) is 0 Å². The standard InChI is InChI=1S/C20H20ClN3O2/c1-4-25-17-8-6-5-7-14(17)15-9-13(21)10-24-11-16(23-18(15)24)19-22-12-20(2,3)26-19/h5-11H,4,12H2,1-3H3. The molecule has 0 N–H and O–H groups in total. The Kier molecular flexibility index (Phi) is 4.11. The number of ether oxygens (including phenoxy) is 2. The molecule has 0 aliphatic carbocycles. The minimum atomic E-state index is -0.298. The molecule has 1 aliphatic rings. The Morgan fingerprint density at radius 3 is 2.77 bits per heavy atom. The van der Waals surface area contributed by atoms with Gasteiger partial charge in [0.15, 0.2) is 0 Å². The normalized spacial score (nSPS) is 15.8. The lowest BCUT2D eigenvalue weighted by Gasteiger charge is -2.16. The number of hydrogen-bond donors (Lipinski definition) is 0. The second-order valence-corrected chi connectivity index (χ2v) is 7.28. The molecule has 0 saturated heterocycles. The van der Waals surface area contributed by atoms with E-state index in [2.05, 4.69) is 4.99 Å². The summed E-state index contributed by atoms with van der Waals surface area (Å²) in [5, 5.41) is 0.623. The van der Waals surface area contributed by atoms with Gasteiger partial charge in [-0.2, -0.15) is 0 Å². The maximum absolute atomic E-state index is 6.37. The second-order valence-electron chi connectivity index (χ2n) is 6.84. The van der Waals surface area contributed by atoms with E-state index in [4.69, 9.17) is 26.1 Å². The van der Waals surface area contributed by atoms with Crippen molar-refractivity contribution in [2.75, 3.05) is 13.2 Å². The smallest absolute Gasteiger partial charge is 0.237 e. The van der Waals surface area contributed by atoms with Crippen molar-refractivity contribution >= 4 is 23.1 Å². The first-order chi connectivity index (χ1) is 12.5. The molecule has 5 nitrogen and oxygen atoms in total. The van der Waals surface area contributed by atoms with Gasteiger partial charge in [-0.15, -0.1) is 0 Å². The minimum absolute atomic E-state index is 0.298. The third kappa shape index (κ3) is 3.03. The van der Waals surface area contributed by atoms with Gasteiger partial charge < -0.3 is 13.9 Å². The number of para-hydroxylation sites is 1. The van der Waals surface area contributed by atoms with Gasteiger partial charge in [-0.05, 0) is 32.9 Å². The van der Waals surface area contributed by atoms with Crippen LogP contribution in [-0.4, -0.2) is 34.0 Å². The van der Waals surface area contributed by atoms with E-state index in [0.29, 0.717) is 29.8 Å². The first-order valence-corrected chi connectivity index (χ1v) is 8.99. The lowest BCUT2D eigenvalue weighted by atomic mass is 10.1. The van der Waals surface area contributed by atoms with Crippen molar-refractivity contribution in [2.24, 2.45) is 4.99 Å². The van der Waals surface area contributed by atoms with Crippen LogP contribution in [0.5, 0.6) is 5.75 Å². The summed E-state index contributed by atoms with van der Waals surface area (Å²) in [4.78, 5) is 9.26. The summed E-state index contributed by atoms with van der Waals surface area (Å²) in [7, 11) is 0. The monoisotopic (exact) mass is 369 g/mol. The number of benzene rings is 1. The van der Waals surface area contributed by atoms with Gasteiger partial charge in [0.1, 0.15) is 22.7 Å². The Morgan fingerprint density at radius 1 is 1.23 bits per heavy atom. The van der Waals surface area contributed by atoms with Crippen molar-refractivity contribution in [1.82, 2.24) is 9.38 Å². The zero-order valence-corrected chi connectivity index (χ0v) is 15.7. The van der Waals surface area contributed by atoms with Crippen LogP contribution in [0.4, 0.5) is 0 Å². The Balaban J connectivity index is 1.86. The fraction of sp³-hybridized carbons (Fsp3) is 0.300. The van der Waals surface area contributed by atoms with Crippen LogP contribution >= 0.6 is 11.6 Å². The summed E-state index contributed by atoms with van der Waals surface area (Å²) in [5.74, 6) is 1.37. The third-order valence-electron chi connectivity index (χ3n) is 4.19. The molecule has 0 unspecified atom stereocenters. The third-order valence-corrected chi connectivity index (χ3v) is 4.40. The van der Waals surface area contributed by atoms with Gasteiger partial charge in [0.2, 0.25) is 5.90 Å². The van der Waals surface area contributed by atoms with Crippen LogP contribution in [-0.2, 0) is 4.74 Å². The number of rotatable bonds is 4. The Bertz CT molecular complexity index is 1010. The molecule has 0 spiro atoms. The van der Waals surface area contributed by atoms with Crippen molar-refractivity contribution < 1.29 is 9.47 Å². The first-order valence-electron chi connectivity index (χ1n) is 8.61. The SMILES string of the molecule is CCOc1ccccc1-c1cc(Cl)cn2cc(C3=NCC(C)(C)O3)nc12. The van der Waals surface area contributed by atoms with Gasteiger partial charge in [-0.3, -0.25) is 0 Å². The van der Waals surface area contributed by atoms with Gasteiger partial charge in [0.05, 0.1) is 18.2 Å². The van der Waals surface area contributed by atoms with Crippen LogP contribution < -0.4 is 4.74 Å². The zero-order chi connectivity index (χ0) is 18.3. The predicted molar refractivity (Wildman–Crippen MR) is 103 cm³/mol. The van der Waals surface area contributed by atoms with E-state index in [9.17, 15) is 0 Å². The fourth-order valence-corrected chi connectivity index (χ4v) is 3.27. The molecule has 0 saturated carbocycles. The predicted octanol–water partition coefficient (Wildman–Crippen LogP) is 4.61. The molecule has 0 fully saturated rings. The molecule has 26 heavy (non-hydrogen) atoms. The molecule has 0 radical (unpaired) electrons. The van der Waals surface area contributed by atoms with Gasteiger partial charge in [0, 0.05) is 23.5 Å². The van der Waals surface area contributed by atoms with Gasteiger partial charge in [-0.1, -0.05) is 29.8 Å². The maximum atomic E-state index is 6.37. The van der Waals surface area contributed by atoms with Crippen LogP contribution in [0, 0.1) is 0 Å². The summed E-state index contributed by atoms with van der Waals surface area (Å²) < 4.78 is 13.6. The van der Waals surface area contributed by atoms with E-state index >= 15 is 0 Å². The van der Waals surface area contributed by atoms with Gasteiger partial charge >= 0.3 is 0 Å². The summed E-state index contributed by atoms with van der Waals surface area (Å²) in [6.45, 7) is 7.21. The van der Waals surface area contributed by atoms with Crippen molar-refractivity contribution in [2.45, 2.75) is 26.4 Å². The van der Waals surface area contributed by atoms with Crippen molar-refractivity contribution in [1.29, 1.82) is 0 Å². The topological polar surface area (TPSA) is 48.1 Å². The Labute approximate surface area is 157 Å². The molecule has 2 aromatic heterocycles. The molecule has 6 heteroatoms. The van der Waals surface area contributed by atoms with Gasteiger partial charge in [-0.25, -0.2) is 9.98 Å². The van der Waals surface area contributed by atoms with E-state index in [1.165, 1.54) is 0 Å². The average Bonchev–Trinajstić information content (AvgIpc) is 3.18. The number of halogens is 1. The molecule has 0 amide bonds. The molecule has 134 valence electrons. The highest BCUT2D eigenvalue weighted by Gasteiger charge is 2.30. The highest BCUT2D eigenvalue weighted by Crippen LogP contribution is 2.34. The Hall–Kier alpha value is -2.53. The van der Waals surface area contributed by atoms with E-state index in [0.717, 1.165) is 22.5 Å². The van der Waals surface area contributed by atoms with Crippen LogP contribution in [0.2, 0.25) is 5.02 Å². The first kappa shape index (κ1) is 16.9. The summed E-state index contributed by atoms with van der Waals surface area (Å²) >= 11 is 6.37. The average molecular weight is 370 g/mol. The van der Waals surface area contributed by atoms with E-state index < -0.39 is 0 Å². The quantitative estimate of drug-likeness (QED) is 0.674. The molecule has 3 aromatic rings. The molecule has 0 bridgehead atoms. The van der Waals surface area contributed by atoms with Crippen molar-refractivity contribution in [3.8, 4) is 16.9 Å². The second kappa shape index (κ2) is 6.32. The number of fused-ring (bicyclic) bond motifs is 1. The molecule has 3 heterocycles. The Morgan fingerprint density at radius 2 is 2.04 bits per heavy atom. The summed E-state index contributed by atoms with van der Waals surface area (Å²) in [6.07, 6.45) is 3.73. The molecule has 0 atom stereocenters. The molecule has 1 aromatic carbocycles. The minimum Gasteiger partial charge on any atom is -0.493 e. The van der Waals surface area contributed by atoms with Crippen LogP contribution in [0.25, 0.3) is 16.8 Å². The van der Waals surface area contributed by atoms with Crippen molar-refractivity contribution in [3.05, 3.63) is 53.4 Å². The maximum Gasteiger partial charge on any atom is 0.237 e. The van der Waals surface area contributed by atoms with Crippen LogP contribution in [0.1, 0.15) is 26.5 Å². The van der Waals surface area contributed by atoms with Gasteiger partial charge in [0.25, 0.3) is 0 Å². The van der Waals surface area contributed by atoms with Crippen molar-refractivity contribution in [3.63, 3.8) is 0 Å². The lowest BCUT2D eigenvalue weighted by Crippen LogP contribution is -2.24. The van der Waals surface area contributed by atoms with E-state index in [1.54, 1.807) is 0 Å². The van der Waals surface area contributed by atoms with E-state index in [1.807, 2.05) is 67.9 Å². The number of pyridine rings is 1. The molecule has 1 aliphatic heterocycles. The highest BCUT2D eigenvalue weighted by molar-refractivity contribution is 6.31. The largest absolute Gasteiger partial charge is 0.493 e. The van der Waals surface area contributed by atoms with Crippen LogP contribution in [0.15, 0.2) is 47.7 Å². The van der Waals surface area contributed by atoms with E-state index in [-0.39, 0.29) is 5.60 Å². The molecular formula is C20H20ClN3O2. The highest BCUT2D eigenvalue weighted by atomic mass is 35.5. The molecular weight excluding hydrogens is 350 g/mol. The number of imidazole rings is 1. The number of nitrogens with zero attached hydrogens (tertiary/aromatic N) is 3.